The van der Waals surface area contributed by atoms with Crippen LogP contribution in [0.2, 0.25) is 0 Å². The van der Waals surface area contributed by atoms with Crippen molar-refractivity contribution >= 4 is 0 Å². The second-order valence-electron chi connectivity index (χ2n) is 4.71. The molecule has 0 bridgehead atoms. The van der Waals surface area contributed by atoms with E-state index in [1.807, 2.05) is 0 Å². The topological polar surface area (TPSA) is 26.0 Å². The number of benzene rings is 1. The lowest BCUT2D eigenvalue weighted by Gasteiger charge is -2.47. The Morgan fingerprint density at radius 1 is 1.25 bits per heavy atom. The lowest BCUT2D eigenvalue weighted by atomic mass is 9.62. The van der Waals surface area contributed by atoms with E-state index in [1.165, 1.54) is 12.1 Å². The Hall–Kier alpha value is -1.03. The van der Waals surface area contributed by atoms with Crippen LogP contribution in [-0.2, 0) is 5.41 Å². The molecule has 1 saturated carbocycles. The molecule has 1 aliphatic rings. The molecule has 0 radical (unpaired) electrons. The fourth-order valence-electron chi connectivity index (χ4n) is 2.45. The minimum atomic E-state index is -2.65. The van der Waals surface area contributed by atoms with Crippen molar-refractivity contribution in [2.24, 2.45) is 5.73 Å². The molecule has 0 spiro atoms. The Balaban J connectivity index is 2.35. The number of rotatable bonds is 2. The van der Waals surface area contributed by atoms with Gasteiger partial charge < -0.3 is 5.73 Å². The zero-order chi connectivity index (χ0) is 12.0. The van der Waals surface area contributed by atoms with Crippen LogP contribution in [0, 0.1) is 12.7 Å². The summed E-state index contributed by atoms with van der Waals surface area (Å²) in [7, 11) is 0. The van der Waals surface area contributed by atoms with Crippen molar-refractivity contribution in [1.29, 1.82) is 0 Å². The number of hydrogen-bond donors (Lipinski definition) is 1. The van der Waals surface area contributed by atoms with Gasteiger partial charge in [0.25, 0.3) is 0 Å². The molecule has 0 unspecified atom stereocenters. The van der Waals surface area contributed by atoms with E-state index in [0.29, 0.717) is 5.56 Å². The summed E-state index contributed by atoms with van der Waals surface area (Å²) in [6.07, 6.45) is -0.557. The van der Waals surface area contributed by atoms with Gasteiger partial charge in [-0.05, 0) is 30.2 Å². The predicted molar refractivity (Wildman–Crippen MR) is 56.1 cm³/mol. The molecule has 1 fully saturated rings. The van der Waals surface area contributed by atoms with Gasteiger partial charge in [0.2, 0.25) is 5.92 Å². The van der Waals surface area contributed by atoms with Crippen molar-refractivity contribution in [2.45, 2.75) is 31.1 Å². The lowest BCUT2D eigenvalue weighted by Crippen LogP contribution is -2.53. The maximum Gasteiger partial charge on any atom is 0.250 e. The highest BCUT2D eigenvalue weighted by atomic mass is 19.3. The van der Waals surface area contributed by atoms with Gasteiger partial charge in [0.15, 0.2) is 0 Å². The molecule has 0 heterocycles. The van der Waals surface area contributed by atoms with E-state index in [2.05, 4.69) is 0 Å². The van der Waals surface area contributed by atoms with E-state index in [9.17, 15) is 13.2 Å². The summed E-state index contributed by atoms with van der Waals surface area (Å²) in [5.41, 5.74) is 6.16. The summed E-state index contributed by atoms with van der Waals surface area (Å²) >= 11 is 0. The van der Waals surface area contributed by atoms with Gasteiger partial charge in [-0.15, -0.1) is 0 Å². The molecule has 16 heavy (non-hydrogen) atoms. The number of aryl methyl sites for hydroxylation is 1. The molecule has 1 nitrogen and oxygen atoms in total. The molecule has 0 atom stereocenters. The second kappa shape index (κ2) is 3.48. The van der Waals surface area contributed by atoms with Crippen molar-refractivity contribution in [3.63, 3.8) is 0 Å². The largest absolute Gasteiger partial charge is 0.330 e. The Kier molecular flexibility index (Phi) is 2.49. The number of halogens is 3. The van der Waals surface area contributed by atoms with Gasteiger partial charge in [-0.1, -0.05) is 6.07 Å². The molecule has 1 aliphatic carbocycles. The third-order valence-corrected chi connectivity index (χ3v) is 3.24. The standard InChI is InChI=1S/C12H14F3N/c1-8-2-9(4-10(13)3-8)11(7-16)5-12(14,15)6-11/h2-4H,5-7,16H2,1H3. The SMILES string of the molecule is Cc1cc(F)cc(C2(CN)CC(F)(F)C2)c1. The highest BCUT2D eigenvalue weighted by molar-refractivity contribution is 5.34. The molecule has 0 aliphatic heterocycles. The predicted octanol–water partition coefficient (Wildman–Crippen LogP) is 2.76. The minimum absolute atomic E-state index is 0.130. The molecule has 2 rings (SSSR count). The smallest absolute Gasteiger partial charge is 0.250 e. The number of alkyl halides is 2. The number of hydrogen-bond acceptors (Lipinski definition) is 1. The maximum absolute atomic E-state index is 13.2. The van der Waals surface area contributed by atoms with Gasteiger partial charge in [-0.25, -0.2) is 13.2 Å². The summed E-state index contributed by atoms with van der Waals surface area (Å²) in [5, 5.41) is 0. The van der Waals surface area contributed by atoms with Crippen LogP contribution in [0.3, 0.4) is 0 Å². The summed E-state index contributed by atoms with van der Waals surface area (Å²) in [5.74, 6) is -3.04. The van der Waals surface area contributed by atoms with E-state index in [-0.39, 0.29) is 19.4 Å². The van der Waals surface area contributed by atoms with Gasteiger partial charge in [0.1, 0.15) is 5.82 Å². The van der Waals surface area contributed by atoms with Crippen molar-refractivity contribution in [1.82, 2.24) is 0 Å². The molecule has 0 saturated heterocycles. The molecule has 88 valence electrons. The highest BCUT2D eigenvalue weighted by Crippen LogP contribution is 2.52. The first-order valence-electron chi connectivity index (χ1n) is 5.23. The van der Waals surface area contributed by atoms with Crippen LogP contribution in [0.15, 0.2) is 18.2 Å². The zero-order valence-electron chi connectivity index (χ0n) is 9.06. The Morgan fingerprint density at radius 3 is 2.31 bits per heavy atom. The first-order chi connectivity index (χ1) is 7.37. The van der Waals surface area contributed by atoms with E-state index in [1.54, 1.807) is 13.0 Å². The Morgan fingerprint density at radius 2 is 1.88 bits per heavy atom. The molecule has 1 aromatic carbocycles. The maximum atomic E-state index is 13.2. The normalized spacial score (nSPS) is 21.6. The molecule has 2 N–H and O–H groups in total. The quantitative estimate of drug-likeness (QED) is 0.829. The van der Waals surface area contributed by atoms with Gasteiger partial charge in [-0.2, -0.15) is 0 Å². The average molecular weight is 229 g/mol. The second-order valence-corrected chi connectivity index (χ2v) is 4.71. The monoisotopic (exact) mass is 229 g/mol. The van der Waals surface area contributed by atoms with Crippen molar-refractivity contribution in [2.75, 3.05) is 6.54 Å². The van der Waals surface area contributed by atoms with Crippen molar-refractivity contribution < 1.29 is 13.2 Å². The van der Waals surface area contributed by atoms with Gasteiger partial charge in [0, 0.05) is 24.8 Å². The Bertz CT molecular complexity index is 386. The zero-order valence-corrected chi connectivity index (χ0v) is 9.06. The summed E-state index contributed by atoms with van der Waals surface area (Å²) in [6.45, 7) is 1.87. The summed E-state index contributed by atoms with van der Waals surface area (Å²) < 4.78 is 39.1. The molecular formula is C12H14F3N. The van der Waals surface area contributed by atoms with Crippen molar-refractivity contribution in [3.05, 3.63) is 35.1 Å². The third-order valence-electron chi connectivity index (χ3n) is 3.24. The van der Waals surface area contributed by atoms with Crippen molar-refractivity contribution in [3.8, 4) is 0 Å². The molecular weight excluding hydrogens is 215 g/mol. The first-order valence-corrected chi connectivity index (χ1v) is 5.23. The van der Waals surface area contributed by atoms with E-state index >= 15 is 0 Å². The fraction of sp³-hybridized carbons (Fsp3) is 0.500. The van der Waals surface area contributed by atoms with Crippen LogP contribution < -0.4 is 5.73 Å². The van der Waals surface area contributed by atoms with Gasteiger partial charge in [-0.3, -0.25) is 0 Å². The third kappa shape index (κ3) is 1.82. The molecule has 0 aromatic heterocycles. The molecule has 0 amide bonds. The van der Waals surface area contributed by atoms with Crippen LogP contribution in [0.4, 0.5) is 13.2 Å². The molecule has 4 heteroatoms. The van der Waals surface area contributed by atoms with E-state index < -0.39 is 17.2 Å². The Labute approximate surface area is 92.5 Å². The number of nitrogens with two attached hydrogens (primary N) is 1. The van der Waals surface area contributed by atoms with E-state index in [4.69, 9.17) is 5.73 Å². The van der Waals surface area contributed by atoms with Crippen LogP contribution in [0.1, 0.15) is 24.0 Å². The lowest BCUT2D eigenvalue weighted by molar-refractivity contribution is -0.123. The summed E-state index contributed by atoms with van der Waals surface area (Å²) in [6, 6.07) is 4.44. The first kappa shape index (κ1) is 11.5. The highest BCUT2D eigenvalue weighted by Gasteiger charge is 2.56. The average Bonchev–Trinajstić information content (AvgIpc) is 2.11. The van der Waals surface area contributed by atoms with Gasteiger partial charge >= 0.3 is 0 Å². The fourth-order valence-corrected chi connectivity index (χ4v) is 2.45. The van der Waals surface area contributed by atoms with Gasteiger partial charge in [0.05, 0.1) is 0 Å². The van der Waals surface area contributed by atoms with Crippen LogP contribution in [0.25, 0.3) is 0 Å². The van der Waals surface area contributed by atoms with E-state index in [0.717, 1.165) is 5.56 Å². The molecule has 1 aromatic rings. The van der Waals surface area contributed by atoms with Crippen LogP contribution in [0.5, 0.6) is 0 Å². The van der Waals surface area contributed by atoms with Crippen LogP contribution in [-0.4, -0.2) is 12.5 Å². The minimum Gasteiger partial charge on any atom is -0.330 e. The summed E-state index contributed by atoms with van der Waals surface area (Å²) in [4.78, 5) is 0. The van der Waals surface area contributed by atoms with Crippen LogP contribution >= 0.6 is 0 Å².